The number of aryl methyl sites for hydroxylation is 1. The van der Waals surface area contributed by atoms with Crippen molar-refractivity contribution < 1.29 is 14.5 Å². The molecule has 3 rings (SSSR count). The molecule has 27 heavy (non-hydrogen) atoms. The summed E-state index contributed by atoms with van der Waals surface area (Å²) in [5.41, 5.74) is 0.385. The number of anilines is 2. The number of nitrogens with one attached hydrogen (secondary N) is 1. The third-order valence-corrected chi connectivity index (χ3v) is 4.22. The fourth-order valence-corrected chi connectivity index (χ4v) is 2.95. The van der Waals surface area contributed by atoms with Gasteiger partial charge in [0.2, 0.25) is 0 Å². The van der Waals surface area contributed by atoms with Crippen LogP contribution in [0.5, 0.6) is 0 Å². The number of ether oxygens (including phenoxy) is 1. The molecular weight excluding hydrogens is 350 g/mol. The molecule has 0 radical (unpaired) electrons. The van der Waals surface area contributed by atoms with Gasteiger partial charge in [0.15, 0.2) is 0 Å². The number of methoxy groups -OCH3 is 1. The number of hydrogen-bond donors (Lipinski definition) is 1. The van der Waals surface area contributed by atoms with Gasteiger partial charge in [-0.05, 0) is 37.3 Å². The normalized spacial score (nSPS) is 10.6. The zero-order valence-electron chi connectivity index (χ0n) is 14.8. The first-order chi connectivity index (χ1) is 13.0. The number of aromatic nitrogens is 1. The van der Waals surface area contributed by atoms with Gasteiger partial charge in [-0.2, -0.15) is 0 Å². The number of rotatable bonds is 5. The molecule has 8 nitrogen and oxygen atoms in total. The largest absolute Gasteiger partial charge is 0.465 e. The molecule has 2 aromatic carbocycles. The van der Waals surface area contributed by atoms with Crippen LogP contribution in [-0.4, -0.2) is 22.6 Å². The summed E-state index contributed by atoms with van der Waals surface area (Å²) in [4.78, 5) is 35.2. The van der Waals surface area contributed by atoms with Crippen molar-refractivity contribution in [2.24, 2.45) is 0 Å². The number of esters is 1. The fourth-order valence-electron chi connectivity index (χ4n) is 2.95. The highest BCUT2D eigenvalue weighted by atomic mass is 16.6. The lowest BCUT2D eigenvalue weighted by atomic mass is 10.1. The summed E-state index contributed by atoms with van der Waals surface area (Å²) in [7, 11) is 1.28. The third kappa shape index (κ3) is 3.24. The Bertz CT molecular complexity index is 1090. The highest BCUT2D eigenvalue weighted by molar-refractivity contribution is 5.98. The van der Waals surface area contributed by atoms with Crippen LogP contribution in [0.15, 0.2) is 53.3 Å². The average molecular weight is 367 g/mol. The fraction of sp³-hybridized carbons (Fsp3) is 0.158. The molecule has 0 spiro atoms. The van der Waals surface area contributed by atoms with Gasteiger partial charge in [-0.1, -0.05) is 18.2 Å². The zero-order valence-corrected chi connectivity index (χ0v) is 14.8. The van der Waals surface area contributed by atoms with Crippen LogP contribution in [0.2, 0.25) is 0 Å². The van der Waals surface area contributed by atoms with Crippen LogP contribution in [0, 0.1) is 10.1 Å². The number of fused-ring (bicyclic) bond motifs is 1. The molecule has 0 amide bonds. The van der Waals surface area contributed by atoms with Crippen molar-refractivity contribution in [1.29, 1.82) is 0 Å². The molecule has 1 heterocycles. The number of pyridine rings is 1. The van der Waals surface area contributed by atoms with Crippen LogP contribution in [-0.2, 0) is 11.3 Å². The molecule has 1 N–H and O–H groups in total. The topological polar surface area (TPSA) is 103 Å². The van der Waals surface area contributed by atoms with Crippen LogP contribution >= 0.6 is 0 Å². The molecule has 0 atom stereocenters. The summed E-state index contributed by atoms with van der Waals surface area (Å²) in [6.07, 6.45) is 0. The van der Waals surface area contributed by atoms with Crippen molar-refractivity contribution in [3.8, 4) is 0 Å². The molecule has 8 heteroatoms. The van der Waals surface area contributed by atoms with Crippen molar-refractivity contribution in [1.82, 2.24) is 4.57 Å². The van der Waals surface area contributed by atoms with Crippen molar-refractivity contribution in [2.45, 2.75) is 13.5 Å². The highest BCUT2D eigenvalue weighted by Gasteiger charge is 2.25. The van der Waals surface area contributed by atoms with Gasteiger partial charge < -0.3 is 14.6 Å². The van der Waals surface area contributed by atoms with Crippen molar-refractivity contribution >= 4 is 33.9 Å². The number of carbonyl (C=O) groups excluding carboxylic acids is 1. The molecule has 0 aliphatic heterocycles. The molecule has 0 saturated heterocycles. The third-order valence-electron chi connectivity index (χ3n) is 4.22. The number of para-hydroxylation sites is 1. The molecule has 3 aromatic rings. The van der Waals surface area contributed by atoms with Gasteiger partial charge in [-0.25, -0.2) is 4.79 Å². The zero-order chi connectivity index (χ0) is 19.6. The van der Waals surface area contributed by atoms with Crippen molar-refractivity contribution in [3.63, 3.8) is 0 Å². The number of nitrogens with zero attached hydrogens (tertiary/aromatic N) is 2. The predicted octanol–water partition coefficient (Wildman–Crippen LogP) is 3.46. The lowest BCUT2D eigenvalue weighted by Gasteiger charge is -2.14. The van der Waals surface area contributed by atoms with E-state index in [2.05, 4.69) is 10.1 Å². The minimum atomic E-state index is -0.675. The minimum Gasteiger partial charge on any atom is -0.465 e. The smallest absolute Gasteiger partial charge is 0.357 e. The Hall–Kier alpha value is -3.68. The molecule has 1 aromatic heterocycles. The maximum atomic E-state index is 12.7. The Morgan fingerprint density at radius 3 is 2.44 bits per heavy atom. The Morgan fingerprint density at radius 2 is 1.85 bits per heavy atom. The second-order valence-electron chi connectivity index (χ2n) is 5.74. The number of nitro groups is 1. The maximum Gasteiger partial charge on any atom is 0.357 e. The summed E-state index contributed by atoms with van der Waals surface area (Å²) >= 11 is 0. The van der Waals surface area contributed by atoms with E-state index >= 15 is 0 Å². The molecule has 0 bridgehead atoms. The van der Waals surface area contributed by atoms with Crippen LogP contribution in [0.25, 0.3) is 10.9 Å². The summed E-state index contributed by atoms with van der Waals surface area (Å²) in [6.45, 7) is 2.07. The second kappa shape index (κ2) is 7.28. The Morgan fingerprint density at radius 1 is 1.19 bits per heavy atom. The molecule has 0 aliphatic rings. The van der Waals surface area contributed by atoms with E-state index in [1.165, 1.54) is 23.8 Å². The van der Waals surface area contributed by atoms with E-state index < -0.39 is 22.1 Å². The van der Waals surface area contributed by atoms with E-state index in [1.807, 2.05) is 0 Å². The molecule has 0 fully saturated rings. The Kier molecular flexibility index (Phi) is 4.89. The van der Waals surface area contributed by atoms with Crippen LogP contribution in [0.3, 0.4) is 0 Å². The van der Waals surface area contributed by atoms with Gasteiger partial charge in [-0.3, -0.25) is 14.9 Å². The van der Waals surface area contributed by atoms with E-state index in [0.717, 1.165) is 0 Å². The van der Waals surface area contributed by atoms with Gasteiger partial charge in [0.05, 0.1) is 23.1 Å². The monoisotopic (exact) mass is 367 g/mol. The van der Waals surface area contributed by atoms with E-state index in [4.69, 9.17) is 0 Å². The van der Waals surface area contributed by atoms with Gasteiger partial charge in [-0.15, -0.1) is 0 Å². The number of benzene rings is 2. The van der Waals surface area contributed by atoms with Crippen LogP contribution in [0.1, 0.15) is 17.3 Å². The minimum absolute atomic E-state index is 0.121. The van der Waals surface area contributed by atoms with Gasteiger partial charge in [0.25, 0.3) is 0 Å². The first-order valence-electron chi connectivity index (χ1n) is 8.23. The second-order valence-corrected chi connectivity index (χ2v) is 5.74. The van der Waals surface area contributed by atoms with E-state index in [9.17, 15) is 19.7 Å². The summed E-state index contributed by atoms with van der Waals surface area (Å²) < 4.78 is 6.03. The average Bonchev–Trinajstić information content (AvgIpc) is 2.68. The number of hydrogen-bond acceptors (Lipinski definition) is 6. The molecule has 0 aliphatic carbocycles. The lowest BCUT2D eigenvalue weighted by Crippen LogP contribution is -2.23. The lowest BCUT2D eigenvalue weighted by molar-refractivity contribution is -0.385. The van der Waals surface area contributed by atoms with Crippen LogP contribution < -0.4 is 10.9 Å². The Balaban J connectivity index is 2.19. The SMILES string of the molecule is CCn1c(=O)c([N+](=O)[O-])c(Nc2ccc(C(=O)OC)cc2)c2ccccc21. The first kappa shape index (κ1) is 18.1. The number of carbonyl (C=O) groups is 1. The van der Waals surface area contributed by atoms with E-state index in [0.29, 0.717) is 28.7 Å². The Labute approximate surface area is 154 Å². The van der Waals surface area contributed by atoms with Gasteiger partial charge in [0, 0.05) is 17.6 Å². The standard InChI is InChI=1S/C19H17N3O5/c1-3-21-15-7-5-4-6-14(15)16(17(18(21)23)22(25)26)20-13-10-8-12(9-11-13)19(24)27-2/h4-11,20H,3H2,1-2H3. The molecule has 138 valence electrons. The summed E-state index contributed by atoms with van der Waals surface area (Å²) in [5, 5.41) is 15.1. The highest BCUT2D eigenvalue weighted by Crippen LogP contribution is 2.32. The molecule has 0 saturated carbocycles. The van der Waals surface area contributed by atoms with Gasteiger partial charge in [0.1, 0.15) is 5.69 Å². The van der Waals surface area contributed by atoms with Crippen LogP contribution in [0.4, 0.5) is 17.1 Å². The quantitative estimate of drug-likeness (QED) is 0.421. The summed E-state index contributed by atoms with van der Waals surface area (Å²) in [5.74, 6) is -0.483. The van der Waals surface area contributed by atoms with E-state index in [-0.39, 0.29) is 5.69 Å². The van der Waals surface area contributed by atoms with Gasteiger partial charge >= 0.3 is 17.2 Å². The van der Waals surface area contributed by atoms with E-state index in [1.54, 1.807) is 43.3 Å². The molecular formula is C19H17N3O5. The summed E-state index contributed by atoms with van der Waals surface area (Å²) in [6, 6.07) is 13.3. The van der Waals surface area contributed by atoms with Crippen molar-refractivity contribution in [3.05, 3.63) is 74.6 Å². The maximum absolute atomic E-state index is 12.7. The predicted molar refractivity (Wildman–Crippen MR) is 102 cm³/mol. The molecule has 0 unspecified atom stereocenters. The first-order valence-corrected chi connectivity index (χ1v) is 8.23. The van der Waals surface area contributed by atoms with Crippen molar-refractivity contribution in [2.75, 3.05) is 12.4 Å².